The summed E-state index contributed by atoms with van der Waals surface area (Å²) in [4.78, 5) is 21.9. The van der Waals surface area contributed by atoms with E-state index >= 15 is 0 Å². The molecule has 0 heterocycles. The molecule has 1 amide bonds. The van der Waals surface area contributed by atoms with Gasteiger partial charge in [0.2, 0.25) is 5.91 Å². The number of hydrogen-bond donors (Lipinski definition) is 3. The second kappa shape index (κ2) is 8.55. The molecular formula is C13H17FN2O3S. The summed E-state index contributed by atoms with van der Waals surface area (Å²) in [6, 6.07) is 5.14. The van der Waals surface area contributed by atoms with Gasteiger partial charge < -0.3 is 16.2 Å². The maximum Gasteiger partial charge on any atom is 0.321 e. The molecule has 0 unspecified atom stereocenters. The lowest BCUT2D eigenvalue weighted by molar-refractivity contribution is -0.138. The number of carboxylic acids is 1. The Morgan fingerprint density at radius 1 is 1.35 bits per heavy atom. The van der Waals surface area contributed by atoms with Crippen molar-refractivity contribution < 1.29 is 19.1 Å². The van der Waals surface area contributed by atoms with Crippen LogP contribution in [-0.4, -0.2) is 41.1 Å². The van der Waals surface area contributed by atoms with Gasteiger partial charge in [0.25, 0.3) is 0 Å². The number of carbonyl (C=O) groups is 2. The molecule has 0 bridgehead atoms. The number of hydrogen-bond acceptors (Lipinski definition) is 4. The van der Waals surface area contributed by atoms with E-state index < -0.39 is 12.0 Å². The number of rotatable bonds is 8. The van der Waals surface area contributed by atoms with E-state index in [9.17, 15) is 14.0 Å². The van der Waals surface area contributed by atoms with E-state index in [0.29, 0.717) is 13.0 Å². The molecule has 0 saturated carbocycles. The SMILES string of the molecule is N[C@H](CSCC(=O)NCCc1ccc(F)cc1)C(=O)O. The fraction of sp³-hybridized carbons (Fsp3) is 0.385. The molecule has 110 valence electrons. The van der Waals surface area contributed by atoms with Crippen molar-refractivity contribution in [3.05, 3.63) is 35.6 Å². The van der Waals surface area contributed by atoms with Gasteiger partial charge in [0.05, 0.1) is 5.75 Å². The minimum absolute atomic E-state index is 0.171. The van der Waals surface area contributed by atoms with Crippen LogP contribution in [0, 0.1) is 5.82 Å². The highest BCUT2D eigenvalue weighted by Gasteiger charge is 2.11. The predicted molar refractivity (Wildman–Crippen MR) is 76.0 cm³/mol. The van der Waals surface area contributed by atoms with Gasteiger partial charge in [-0.15, -0.1) is 11.8 Å². The Kier molecular flexibility index (Phi) is 7.03. The molecular weight excluding hydrogens is 283 g/mol. The lowest BCUT2D eigenvalue weighted by Gasteiger charge is -2.07. The van der Waals surface area contributed by atoms with Crippen LogP contribution in [0.5, 0.6) is 0 Å². The predicted octanol–water partition coefficient (Wildman–Crippen LogP) is 0.629. The number of aliphatic carboxylic acids is 1. The van der Waals surface area contributed by atoms with Crippen LogP contribution in [0.4, 0.5) is 4.39 Å². The summed E-state index contributed by atoms with van der Waals surface area (Å²) in [5, 5.41) is 11.3. The number of thioether (sulfide) groups is 1. The minimum atomic E-state index is -1.07. The molecule has 4 N–H and O–H groups in total. The molecule has 1 atom stereocenters. The Labute approximate surface area is 120 Å². The largest absolute Gasteiger partial charge is 0.480 e. The van der Waals surface area contributed by atoms with Crippen LogP contribution < -0.4 is 11.1 Å². The number of nitrogens with one attached hydrogen (secondary N) is 1. The van der Waals surface area contributed by atoms with E-state index in [0.717, 1.165) is 5.56 Å². The van der Waals surface area contributed by atoms with E-state index in [1.807, 2.05) is 0 Å². The molecule has 7 heteroatoms. The van der Waals surface area contributed by atoms with E-state index in [4.69, 9.17) is 10.8 Å². The number of carbonyl (C=O) groups excluding carboxylic acids is 1. The third kappa shape index (κ3) is 6.53. The Morgan fingerprint density at radius 3 is 2.60 bits per heavy atom. The van der Waals surface area contributed by atoms with Crippen molar-refractivity contribution in [2.24, 2.45) is 5.73 Å². The lowest BCUT2D eigenvalue weighted by atomic mass is 10.1. The van der Waals surface area contributed by atoms with Gasteiger partial charge in [0.15, 0.2) is 0 Å². The quantitative estimate of drug-likeness (QED) is 0.655. The Bertz CT molecular complexity index is 453. The summed E-state index contributed by atoms with van der Waals surface area (Å²) in [7, 11) is 0. The van der Waals surface area contributed by atoms with Crippen LogP contribution in [0.25, 0.3) is 0 Å². The molecule has 5 nitrogen and oxygen atoms in total. The maximum absolute atomic E-state index is 12.7. The molecule has 0 aliphatic rings. The molecule has 0 saturated heterocycles. The summed E-state index contributed by atoms with van der Waals surface area (Å²) in [5.41, 5.74) is 6.25. The van der Waals surface area contributed by atoms with Gasteiger partial charge in [-0.25, -0.2) is 4.39 Å². The van der Waals surface area contributed by atoms with Crippen molar-refractivity contribution in [1.82, 2.24) is 5.32 Å². The highest BCUT2D eigenvalue weighted by Crippen LogP contribution is 2.03. The highest BCUT2D eigenvalue weighted by atomic mass is 32.2. The van der Waals surface area contributed by atoms with Gasteiger partial charge in [0.1, 0.15) is 11.9 Å². The Balaban J connectivity index is 2.14. The topological polar surface area (TPSA) is 92.4 Å². The summed E-state index contributed by atoms with van der Waals surface area (Å²) >= 11 is 1.18. The van der Waals surface area contributed by atoms with Crippen LogP contribution in [0.1, 0.15) is 5.56 Å². The van der Waals surface area contributed by atoms with Gasteiger partial charge >= 0.3 is 5.97 Å². The molecule has 20 heavy (non-hydrogen) atoms. The molecule has 1 aromatic carbocycles. The zero-order chi connectivity index (χ0) is 15.0. The van der Waals surface area contributed by atoms with Gasteiger partial charge in [-0.2, -0.15) is 0 Å². The first-order valence-electron chi connectivity index (χ1n) is 6.06. The Hall–Kier alpha value is -1.60. The van der Waals surface area contributed by atoms with Gasteiger partial charge in [-0.3, -0.25) is 9.59 Å². The molecule has 0 aliphatic heterocycles. The maximum atomic E-state index is 12.7. The van der Waals surface area contributed by atoms with Crippen molar-refractivity contribution in [3.63, 3.8) is 0 Å². The van der Waals surface area contributed by atoms with Crippen molar-refractivity contribution >= 4 is 23.6 Å². The van der Waals surface area contributed by atoms with Crippen LogP contribution in [0.3, 0.4) is 0 Å². The van der Waals surface area contributed by atoms with Crippen molar-refractivity contribution in [2.75, 3.05) is 18.1 Å². The molecule has 0 aromatic heterocycles. The van der Waals surface area contributed by atoms with Crippen molar-refractivity contribution in [1.29, 1.82) is 0 Å². The smallest absolute Gasteiger partial charge is 0.321 e. The summed E-state index contributed by atoms with van der Waals surface area (Å²) in [5.74, 6) is -1.17. The van der Waals surface area contributed by atoms with Crippen LogP contribution in [-0.2, 0) is 16.0 Å². The zero-order valence-electron chi connectivity index (χ0n) is 10.8. The lowest BCUT2D eigenvalue weighted by Crippen LogP contribution is -2.33. The fourth-order valence-electron chi connectivity index (χ4n) is 1.40. The Morgan fingerprint density at radius 2 is 2.00 bits per heavy atom. The second-order valence-corrected chi connectivity index (χ2v) is 5.22. The van der Waals surface area contributed by atoms with Crippen molar-refractivity contribution in [2.45, 2.75) is 12.5 Å². The summed E-state index contributed by atoms with van der Waals surface area (Å²) in [6.07, 6.45) is 0.616. The molecule has 1 rings (SSSR count). The van der Waals surface area contributed by atoms with Gasteiger partial charge in [-0.1, -0.05) is 12.1 Å². The zero-order valence-corrected chi connectivity index (χ0v) is 11.7. The first-order chi connectivity index (χ1) is 9.49. The van der Waals surface area contributed by atoms with E-state index in [1.165, 1.54) is 23.9 Å². The number of carboxylic acid groups (broad SMARTS) is 1. The van der Waals surface area contributed by atoms with Gasteiger partial charge in [0, 0.05) is 12.3 Å². The van der Waals surface area contributed by atoms with Crippen LogP contribution in [0.15, 0.2) is 24.3 Å². The highest BCUT2D eigenvalue weighted by molar-refractivity contribution is 8.00. The summed E-state index contributed by atoms with van der Waals surface area (Å²) < 4.78 is 12.7. The molecule has 0 fully saturated rings. The first kappa shape index (κ1) is 16.5. The average Bonchev–Trinajstić information content (AvgIpc) is 2.40. The number of halogens is 1. The van der Waals surface area contributed by atoms with E-state index in [-0.39, 0.29) is 23.2 Å². The fourth-order valence-corrected chi connectivity index (χ4v) is 2.20. The molecule has 1 aromatic rings. The van der Waals surface area contributed by atoms with E-state index in [1.54, 1.807) is 12.1 Å². The number of amides is 1. The van der Waals surface area contributed by atoms with E-state index in [2.05, 4.69) is 5.32 Å². The van der Waals surface area contributed by atoms with Crippen LogP contribution >= 0.6 is 11.8 Å². The van der Waals surface area contributed by atoms with Gasteiger partial charge in [-0.05, 0) is 24.1 Å². The minimum Gasteiger partial charge on any atom is -0.480 e. The third-order valence-electron chi connectivity index (χ3n) is 2.50. The van der Waals surface area contributed by atoms with Crippen LogP contribution in [0.2, 0.25) is 0 Å². The molecule has 0 aliphatic carbocycles. The molecule has 0 spiro atoms. The first-order valence-corrected chi connectivity index (χ1v) is 7.22. The second-order valence-electron chi connectivity index (χ2n) is 4.19. The normalized spacial score (nSPS) is 11.9. The average molecular weight is 300 g/mol. The standard InChI is InChI=1S/C13H17FN2O3S/c14-10-3-1-9(2-4-10)5-6-16-12(17)8-20-7-11(15)13(18)19/h1-4,11H,5-8,15H2,(H,16,17)(H,18,19)/t11-/m1/s1. The number of benzene rings is 1. The van der Waals surface area contributed by atoms with Crippen molar-refractivity contribution in [3.8, 4) is 0 Å². The third-order valence-corrected chi connectivity index (χ3v) is 3.56. The molecule has 0 radical (unpaired) electrons. The number of nitrogens with two attached hydrogens (primary N) is 1. The summed E-state index contributed by atoms with van der Waals surface area (Å²) in [6.45, 7) is 0.454. The monoisotopic (exact) mass is 300 g/mol.